The van der Waals surface area contributed by atoms with Crippen LogP contribution in [0, 0.1) is 5.82 Å². The van der Waals surface area contributed by atoms with Crippen LogP contribution < -0.4 is 5.32 Å². The minimum atomic E-state index is -0.179. The van der Waals surface area contributed by atoms with E-state index in [2.05, 4.69) is 21.2 Å². The summed E-state index contributed by atoms with van der Waals surface area (Å²) in [5, 5.41) is 3.22. The summed E-state index contributed by atoms with van der Waals surface area (Å²) >= 11 is 3.25. The van der Waals surface area contributed by atoms with Crippen molar-refractivity contribution in [1.29, 1.82) is 0 Å². The molecule has 0 aromatic heterocycles. The molecule has 3 nitrogen and oxygen atoms in total. The molecule has 0 spiro atoms. The Hall–Kier alpha value is -0.490. The fourth-order valence-electron chi connectivity index (χ4n) is 2.18. The number of benzene rings is 1. The largest absolute Gasteiger partial charge is 0.379 e. The van der Waals surface area contributed by atoms with Crippen molar-refractivity contribution in [2.75, 3.05) is 26.4 Å². The molecule has 1 N–H and O–H groups in total. The van der Waals surface area contributed by atoms with Crippen molar-refractivity contribution in [2.45, 2.75) is 31.9 Å². The highest BCUT2D eigenvalue weighted by Gasteiger charge is 2.14. The zero-order valence-electron chi connectivity index (χ0n) is 11.5. The molecule has 1 aliphatic rings. The quantitative estimate of drug-likeness (QED) is 0.733. The summed E-state index contributed by atoms with van der Waals surface area (Å²) in [6.45, 7) is 3.65. The lowest BCUT2D eigenvalue weighted by Gasteiger charge is -2.10. The van der Waals surface area contributed by atoms with Crippen molar-refractivity contribution in [3.05, 3.63) is 34.1 Å². The molecule has 1 aromatic rings. The number of nitrogens with one attached hydrogen (secondary N) is 1. The first kappa shape index (κ1) is 15.9. The van der Waals surface area contributed by atoms with Crippen LogP contribution in [-0.2, 0) is 16.0 Å². The SMILES string of the molecule is Fc1cc(Br)ccc1CNCCCOCC1CCCO1. The summed E-state index contributed by atoms with van der Waals surface area (Å²) in [5.74, 6) is -0.179. The molecule has 5 heteroatoms. The average Bonchev–Trinajstić information content (AvgIpc) is 2.93. The van der Waals surface area contributed by atoms with Crippen LogP contribution in [0.5, 0.6) is 0 Å². The first-order valence-corrected chi connectivity index (χ1v) is 7.89. The van der Waals surface area contributed by atoms with Crippen molar-refractivity contribution in [3.8, 4) is 0 Å². The van der Waals surface area contributed by atoms with E-state index in [0.717, 1.165) is 43.5 Å². The molecule has 0 saturated carbocycles. The molecule has 20 heavy (non-hydrogen) atoms. The van der Waals surface area contributed by atoms with Gasteiger partial charge in [-0.2, -0.15) is 0 Å². The zero-order valence-corrected chi connectivity index (χ0v) is 13.1. The number of ether oxygens (including phenoxy) is 2. The van der Waals surface area contributed by atoms with E-state index in [1.807, 2.05) is 6.07 Å². The molecule has 0 amide bonds. The maximum Gasteiger partial charge on any atom is 0.128 e. The van der Waals surface area contributed by atoms with E-state index < -0.39 is 0 Å². The van der Waals surface area contributed by atoms with E-state index in [9.17, 15) is 4.39 Å². The minimum absolute atomic E-state index is 0.179. The molecular formula is C15H21BrFNO2. The average molecular weight is 346 g/mol. The van der Waals surface area contributed by atoms with Crippen molar-refractivity contribution in [3.63, 3.8) is 0 Å². The fraction of sp³-hybridized carbons (Fsp3) is 0.600. The van der Waals surface area contributed by atoms with E-state index in [0.29, 0.717) is 24.8 Å². The molecule has 1 unspecified atom stereocenters. The van der Waals surface area contributed by atoms with E-state index >= 15 is 0 Å². The van der Waals surface area contributed by atoms with Gasteiger partial charge in [0.15, 0.2) is 0 Å². The summed E-state index contributed by atoms with van der Waals surface area (Å²) in [5.41, 5.74) is 0.688. The van der Waals surface area contributed by atoms with Gasteiger partial charge in [0.25, 0.3) is 0 Å². The summed E-state index contributed by atoms with van der Waals surface area (Å²) in [6, 6.07) is 5.13. The Balaban J connectivity index is 1.50. The highest BCUT2D eigenvalue weighted by atomic mass is 79.9. The Labute approximate surface area is 128 Å². The molecular weight excluding hydrogens is 325 g/mol. The van der Waals surface area contributed by atoms with Gasteiger partial charge >= 0.3 is 0 Å². The van der Waals surface area contributed by atoms with Gasteiger partial charge in [0.2, 0.25) is 0 Å². The number of halogens is 2. The molecule has 2 rings (SSSR count). The van der Waals surface area contributed by atoms with Gasteiger partial charge in [-0.1, -0.05) is 22.0 Å². The maximum atomic E-state index is 13.5. The Bertz CT molecular complexity index is 411. The van der Waals surface area contributed by atoms with Crippen LogP contribution in [0.25, 0.3) is 0 Å². The van der Waals surface area contributed by atoms with Gasteiger partial charge in [-0.3, -0.25) is 0 Å². The molecule has 1 aliphatic heterocycles. The van der Waals surface area contributed by atoms with E-state index in [1.54, 1.807) is 6.07 Å². The van der Waals surface area contributed by atoms with Crippen LogP contribution in [0.3, 0.4) is 0 Å². The van der Waals surface area contributed by atoms with Gasteiger partial charge in [-0.05, 0) is 37.9 Å². The summed E-state index contributed by atoms with van der Waals surface area (Å²) < 4.78 is 25.3. The Kier molecular flexibility index (Phi) is 6.93. The van der Waals surface area contributed by atoms with Gasteiger partial charge in [0.1, 0.15) is 5.82 Å². The Morgan fingerprint density at radius 2 is 2.35 bits per heavy atom. The fourth-order valence-corrected chi connectivity index (χ4v) is 2.51. The molecule has 1 aromatic carbocycles. The second kappa shape index (κ2) is 8.72. The van der Waals surface area contributed by atoms with Crippen LogP contribution >= 0.6 is 15.9 Å². The first-order valence-electron chi connectivity index (χ1n) is 7.09. The highest BCUT2D eigenvalue weighted by Crippen LogP contribution is 2.15. The van der Waals surface area contributed by atoms with Gasteiger partial charge in [0.05, 0.1) is 12.7 Å². The van der Waals surface area contributed by atoms with Crippen LogP contribution in [-0.4, -0.2) is 32.5 Å². The second-order valence-corrected chi connectivity index (χ2v) is 5.89. The molecule has 1 fully saturated rings. The predicted molar refractivity (Wildman–Crippen MR) is 80.2 cm³/mol. The monoisotopic (exact) mass is 345 g/mol. The Morgan fingerprint density at radius 3 is 3.10 bits per heavy atom. The smallest absolute Gasteiger partial charge is 0.128 e. The summed E-state index contributed by atoms with van der Waals surface area (Å²) in [4.78, 5) is 0. The molecule has 1 saturated heterocycles. The molecule has 1 heterocycles. The van der Waals surface area contributed by atoms with Crippen LogP contribution in [0.15, 0.2) is 22.7 Å². The van der Waals surface area contributed by atoms with Crippen molar-refractivity contribution in [2.24, 2.45) is 0 Å². The Morgan fingerprint density at radius 1 is 1.45 bits per heavy atom. The minimum Gasteiger partial charge on any atom is -0.379 e. The van der Waals surface area contributed by atoms with E-state index in [1.165, 1.54) is 6.07 Å². The van der Waals surface area contributed by atoms with Gasteiger partial charge in [-0.25, -0.2) is 4.39 Å². The standard InChI is InChI=1S/C15H21BrFNO2/c16-13-5-4-12(15(17)9-13)10-18-6-2-7-19-11-14-3-1-8-20-14/h4-5,9,14,18H,1-3,6-8,10-11H2. The third-order valence-corrected chi connectivity index (χ3v) is 3.79. The van der Waals surface area contributed by atoms with Crippen molar-refractivity contribution in [1.82, 2.24) is 5.32 Å². The summed E-state index contributed by atoms with van der Waals surface area (Å²) in [6.07, 6.45) is 3.47. The lowest BCUT2D eigenvalue weighted by atomic mass is 10.2. The second-order valence-electron chi connectivity index (χ2n) is 4.98. The first-order chi connectivity index (χ1) is 9.75. The highest BCUT2D eigenvalue weighted by molar-refractivity contribution is 9.10. The van der Waals surface area contributed by atoms with Crippen molar-refractivity contribution >= 4 is 15.9 Å². The lowest BCUT2D eigenvalue weighted by molar-refractivity contribution is 0.0166. The van der Waals surface area contributed by atoms with E-state index in [-0.39, 0.29) is 5.82 Å². The van der Waals surface area contributed by atoms with Gasteiger partial charge in [-0.15, -0.1) is 0 Å². The topological polar surface area (TPSA) is 30.5 Å². The van der Waals surface area contributed by atoms with Crippen molar-refractivity contribution < 1.29 is 13.9 Å². The molecule has 0 radical (unpaired) electrons. The third-order valence-electron chi connectivity index (χ3n) is 3.30. The van der Waals surface area contributed by atoms with Crippen LogP contribution in [0.4, 0.5) is 4.39 Å². The molecule has 112 valence electrons. The van der Waals surface area contributed by atoms with Crippen LogP contribution in [0.2, 0.25) is 0 Å². The van der Waals surface area contributed by atoms with Crippen LogP contribution in [0.1, 0.15) is 24.8 Å². The predicted octanol–water partition coefficient (Wildman–Crippen LogP) is 3.26. The van der Waals surface area contributed by atoms with Gasteiger partial charge < -0.3 is 14.8 Å². The van der Waals surface area contributed by atoms with Gasteiger partial charge in [0, 0.05) is 29.8 Å². The molecule has 0 bridgehead atoms. The lowest BCUT2D eigenvalue weighted by Crippen LogP contribution is -2.19. The normalized spacial score (nSPS) is 18.6. The maximum absolute atomic E-state index is 13.5. The number of rotatable bonds is 8. The number of hydrogen-bond acceptors (Lipinski definition) is 3. The molecule has 1 atom stereocenters. The zero-order chi connectivity index (χ0) is 14.2. The molecule has 0 aliphatic carbocycles. The van der Waals surface area contributed by atoms with E-state index in [4.69, 9.17) is 9.47 Å². The number of hydrogen-bond donors (Lipinski definition) is 1. The summed E-state index contributed by atoms with van der Waals surface area (Å²) in [7, 11) is 0. The third kappa shape index (κ3) is 5.48.